The summed E-state index contributed by atoms with van der Waals surface area (Å²) in [6.45, 7) is 20.6. The van der Waals surface area contributed by atoms with Gasteiger partial charge in [0.15, 0.2) is 0 Å². The van der Waals surface area contributed by atoms with Crippen LogP contribution in [0.4, 0.5) is 17.1 Å². The minimum Gasteiger partial charge on any atom is -0.310 e. The molecule has 0 unspecified atom stereocenters. The van der Waals surface area contributed by atoms with E-state index in [4.69, 9.17) is 0 Å². The zero-order valence-corrected chi connectivity index (χ0v) is 81.6. The first kappa shape index (κ1) is 90.1. The lowest BCUT2D eigenvalue weighted by atomic mass is 9.61. The molecule has 3 aliphatic carbocycles. The summed E-state index contributed by atoms with van der Waals surface area (Å²) < 4.78 is 0. The van der Waals surface area contributed by atoms with E-state index in [-0.39, 0.29) is 0 Å². The first-order valence-electron chi connectivity index (χ1n) is 51.9. The summed E-state index contributed by atoms with van der Waals surface area (Å²) in [5, 5.41) is 0. The van der Waals surface area contributed by atoms with Gasteiger partial charge in [-0.1, -0.05) is 457 Å². The second kappa shape index (κ2) is 39.3. The van der Waals surface area contributed by atoms with Crippen molar-refractivity contribution in [2.75, 3.05) is 4.90 Å². The van der Waals surface area contributed by atoms with Gasteiger partial charge in [0.25, 0.3) is 0 Å². The van der Waals surface area contributed by atoms with E-state index in [1.165, 1.54) is 323 Å². The van der Waals surface area contributed by atoms with Crippen molar-refractivity contribution in [2.24, 2.45) is 0 Å². The first-order valence-corrected chi connectivity index (χ1v) is 51.9. The Morgan fingerprint density at radius 3 is 0.696 bits per heavy atom. The molecule has 0 bridgehead atoms. The number of anilines is 3. The van der Waals surface area contributed by atoms with Gasteiger partial charge in [0, 0.05) is 5.69 Å². The molecule has 676 valence electrons. The number of unbranched alkanes of at least 4 members (excludes halogenated alkanes) is 15. The Morgan fingerprint density at radius 1 is 0.178 bits per heavy atom. The number of rotatable bonds is 36. The molecule has 20 rings (SSSR count). The van der Waals surface area contributed by atoms with Crippen LogP contribution in [0.2, 0.25) is 0 Å². The van der Waals surface area contributed by atoms with Crippen molar-refractivity contribution in [2.45, 2.75) is 244 Å². The summed E-state index contributed by atoms with van der Waals surface area (Å²) in [7, 11) is 0. The molecule has 1 aliphatic heterocycles. The second-order valence-electron chi connectivity index (χ2n) is 40.3. The van der Waals surface area contributed by atoms with Crippen molar-refractivity contribution in [3.63, 3.8) is 0 Å². The third-order valence-corrected chi connectivity index (χ3v) is 31.5. The van der Waals surface area contributed by atoms with Gasteiger partial charge in [0.05, 0.1) is 33.0 Å². The SMILES string of the molecule is CCCCCCc1ccc(C2(c3ccc(N4c5ccc(-c6ccc7c(c6)C(c6ccc(CCCCCC)cc6)(c6ccc(CCCCCC)cc6)c6ccccc6-7)cc5C(c5ccc(C)cc5)(c5ccc(C)cc5)c5cc(-c6ccc7c(c6)C(c6ccc(CCCCCC)cc6)(c6ccc(CCCCCC)cc6)c6ccccc6-7)ccc54)cc3)c3cc(C)ccc3-c3ccc(C)cc32)cc1. The average Bonchev–Trinajstić information content (AvgIpc) is 1.49. The fraction of sp³-hybridized carbons (Fsp3) is 0.284. The number of nitrogens with zero attached hydrogens (tertiary/aromatic N) is 1. The van der Waals surface area contributed by atoms with Crippen molar-refractivity contribution in [3.05, 3.63) is 491 Å². The van der Waals surface area contributed by atoms with Gasteiger partial charge >= 0.3 is 0 Å². The Hall–Kier alpha value is -12.7. The van der Waals surface area contributed by atoms with Gasteiger partial charge in [0.1, 0.15) is 0 Å². The molecule has 16 aromatic rings. The normalized spacial score (nSPS) is 14.0. The Morgan fingerprint density at radius 2 is 0.400 bits per heavy atom. The van der Waals surface area contributed by atoms with Gasteiger partial charge in [-0.05, 0) is 313 Å². The Labute approximate surface area is 807 Å². The minimum atomic E-state index is -0.895. The zero-order valence-electron chi connectivity index (χ0n) is 81.6. The van der Waals surface area contributed by atoms with Gasteiger partial charge in [-0.15, -0.1) is 0 Å². The van der Waals surface area contributed by atoms with Crippen molar-refractivity contribution in [3.8, 4) is 55.6 Å². The fourth-order valence-electron chi connectivity index (χ4n) is 24.5. The van der Waals surface area contributed by atoms with Crippen molar-refractivity contribution in [1.29, 1.82) is 0 Å². The van der Waals surface area contributed by atoms with E-state index in [2.05, 4.69) is 419 Å². The lowest BCUT2D eigenvalue weighted by Crippen LogP contribution is -2.38. The van der Waals surface area contributed by atoms with Crippen LogP contribution in [0.5, 0.6) is 0 Å². The van der Waals surface area contributed by atoms with Crippen molar-refractivity contribution >= 4 is 17.1 Å². The standard InChI is InChI=1S/C134H135N/c1-10-15-20-25-34-97-49-67-108(68-50-97)131(109-69-51-98(52-70-109)35-26-21-16-11-2)121-41-32-30-39-115(121)119-83-59-102(89-125(119)131)104-61-85-129-127(91-104)134(106-63-43-93(6)44-64-106,107-65-45-94(7)46-66-107)128-92-105(103-60-84-120-116-40-31-33-42-122(116)132(126(120)90-103,110-71-53-99(54-72-110)36-27-22-17-12-3)111-73-55-100(56-74-111)37-28-23-18-13-4)62-86-130(128)135(129)114-79-77-113(78-80-114)133(112-75-57-101(58-76-112)38-29-24-19-14-5)123-87-95(8)47-81-117(123)118-82-48-96(9)88-124(118)133/h30-33,39-92H,10-29,34-38H2,1-9H3. The van der Waals surface area contributed by atoms with Crippen LogP contribution in [0.1, 0.15) is 302 Å². The summed E-state index contributed by atoms with van der Waals surface area (Å²) in [5.41, 5.74) is 45.9. The van der Waals surface area contributed by atoms with Crippen LogP contribution in [0.15, 0.2) is 352 Å². The van der Waals surface area contributed by atoms with E-state index in [1.54, 1.807) is 0 Å². The van der Waals surface area contributed by atoms with Crippen LogP contribution >= 0.6 is 0 Å². The highest BCUT2D eigenvalue weighted by atomic mass is 15.2. The summed E-state index contributed by atoms with van der Waals surface area (Å²) in [4.78, 5) is 2.66. The lowest BCUT2D eigenvalue weighted by Gasteiger charge is -2.47. The summed E-state index contributed by atoms with van der Waals surface area (Å²) in [6.07, 6.45) is 30.2. The van der Waals surface area contributed by atoms with E-state index < -0.39 is 21.7 Å². The molecule has 0 aromatic heterocycles. The maximum atomic E-state index is 2.66. The van der Waals surface area contributed by atoms with E-state index in [9.17, 15) is 0 Å². The van der Waals surface area contributed by atoms with E-state index in [0.29, 0.717) is 0 Å². The molecule has 0 spiro atoms. The summed E-state index contributed by atoms with van der Waals surface area (Å²) in [6, 6.07) is 142. The molecule has 0 radical (unpaired) electrons. The predicted octanol–water partition coefficient (Wildman–Crippen LogP) is 36.1. The highest BCUT2D eigenvalue weighted by molar-refractivity contribution is 5.96. The minimum absolute atomic E-state index is 0.609. The monoisotopic (exact) mass is 1760 g/mol. The largest absolute Gasteiger partial charge is 0.310 e. The van der Waals surface area contributed by atoms with Gasteiger partial charge < -0.3 is 4.90 Å². The Kier molecular flexibility index (Phi) is 26.3. The molecule has 1 heteroatoms. The van der Waals surface area contributed by atoms with Crippen LogP contribution in [0, 0.1) is 27.7 Å². The zero-order chi connectivity index (χ0) is 92.2. The third-order valence-electron chi connectivity index (χ3n) is 31.5. The summed E-state index contributed by atoms with van der Waals surface area (Å²) in [5.74, 6) is 0. The first-order chi connectivity index (χ1) is 66.3. The van der Waals surface area contributed by atoms with Crippen molar-refractivity contribution < 1.29 is 0 Å². The topological polar surface area (TPSA) is 3.24 Å². The highest BCUT2D eigenvalue weighted by Crippen LogP contribution is 2.64. The van der Waals surface area contributed by atoms with Crippen LogP contribution < -0.4 is 4.90 Å². The molecule has 0 saturated heterocycles. The third kappa shape index (κ3) is 16.3. The number of hydrogen-bond acceptors (Lipinski definition) is 1. The highest BCUT2D eigenvalue weighted by Gasteiger charge is 2.52. The van der Waals surface area contributed by atoms with E-state index in [0.717, 1.165) is 49.2 Å². The maximum absolute atomic E-state index is 2.66. The van der Waals surface area contributed by atoms with Gasteiger partial charge in [-0.25, -0.2) is 0 Å². The molecule has 0 N–H and O–H groups in total. The fourth-order valence-corrected chi connectivity index (χ4v) is 24.5. The second-order valence-corrected chi connectivity index (χ2v) is 40.3. The smallest absolute Gasteiger partial charge is 0.0742 e. The van der Waals surface area contributed by atoms with Crippen LogP contribution in [-0.4, -0.2) is 0 Å². The molecule has 0 atom stereocenters. The van der Waals surface area contributed by atoms with Gasteiger partial charge in [-0.3, -0.25) is 0 Å². The number of fused-ring (bicyclic) bond motifs is 11. The van der Waals surface area contributed by atoms with Crippen molar-refractivity contribution in [1.82, 2.24) is 0 Å². The van der Waals surface area contributed by atoms with Crippen LogP contribution in [-0.2, 0) is 53.8 Å². The lowest BCUT2D eigenvalue weighted by molar-refractivity contribution is 0.666. The molecule has 16 aromatic carbocycles. The molecule has 0 saturated carbocycles. The number of benzene rings is 16. The Balaban J connectivity index is 0.823. The molecule has 4 aliphatic rings. The molecule has 1 nitrogen and oxygen atoms in total. The molecule has 1 heterocycles. The van der Waals surface area contributed by atoms with E-state index in [1.807, 2.05) is 0 Å². The molecular weight excluding hydrogens is 1620 g/mol. The van der Waals surface area contributed by atoms with Gasteiger partial charge in [0.2, 0.25) is 0 Å². The number of hydrogen-bond donors (Lipinski definition) is 0. The van der Waals surface area contributed by atoms with E-state index >= 15 is 0 Å². The number of aryl methyl sites for hydroxylation is 9. The predicted molar refractivity (Wildman–Crippen MR) is 574 cm³/mol. The maximum Gasteiger partial charge on any atom is 0.0742 e. The van der Waals surface area contributed by atoms with Crippen LogP contribution in [0.25, 0.3) is 55.6 Å². The molecule has 0 fully saturated rings. The van der Waals surface area contributed by atoms with Gasteiger partial charge in [-0.2, -0.15) is 0 Å². The average molecular weight is 1760 g/mol. The van der Waals surface area contributed by atoms with Crippen LogP contribution in [0.3, 0.4) is 0 Å². The molecule has 0 amide bonds. The molecule has 135 heavy (non-hydrogen) atoms. The Bertz CT molecular complexity index is 6400. The quantitative estimate of drug-likeness (QED) is 0.0354. The molecular formula is C134H135N. The summed E-state index contributed by atoms with van der Waals surface area (Å²) >= 11 is 0.